The second-order valence-corrected chi connectivity index (χ2v) is 0. The summed E-state index contributed by atoms with van der Waals surface area (Å²) in [6, 6.07) is 0. The molecule has 10 radical (unpaired) electrons. The van der Waals surface area contributed by atoms with Gasteiger partial charge in [0, 0.05) is 48.8 Å². The first-order valence-electron chi connectivity index (χ1n) is 0. The fraction of sp³-hybridized carbons (Fsp3) is 0. The molecule has 0 atom stereocenters. The molecule has 0 aliphatic heterocycles. The summed E-state index contributed by atoms with van der Waals surface area (Å²) in [5.74, 6) is 0. The van der Waals surface area contributed by atoms with E-state index in [-0.39, 0.29) is 669 Å². The van der Waals surface area contributed by atoms with Crippen molar-refractivity contribution in [3.05, 3.63) is 0 Å². The molecule has 0 saturated heterocycles. The maximum absolute atomic E-state index is 0. The van der Waals surface area contributed by atoms with Crippen molar-refractivity contribution in [1.82, 2.24) is 0 Å². The zero-order chi connectivity index (χ0) is 0. The van der Waals surface area contributed by atoms with E-state index in [1.807, 2.05) is 0 Å². The molecule has 0 saturated carbocycles. The molecule has 0 bridgehead atoms. The number of rotatable bonds is 0. The van der Waals surface area contributed by atoms with E-state index in [0.717, 1.165) is 0 Å². The summed E-state index contributed by atoms with van der Waals surface area (Å²) in [4.78, 5) is 0. The number of hydrogen-bond donors (Lipinski definition) is 0. The van der Waals surface area contributed by atoms with Crippen LogP contribution in [-0.2, 0) is 58.6 Å². The first-order valence-corrected chi connectivity index (χ1v) is 0. The first kappa shape index (κ1) is 146. The Morgan fingerprint density at radius 1 is 1.00 bits per heavy atom. The van der Waals surface area contributed by atoms with Gasteiger partial charge in [0.1, 0.15) is 0 Å². The van der Waals surface area contributed by atoms with Gasteiger partial charge in [-0.3, -0.25) is 0 Å². The topological polar surface area (TPSA) is 0 Å². The van der Waals surface area contributed by atoms with Crippen LogP contribution in [0.1, 0.15) is 0 Å². The van der Waals surface area contributed by atoms with Crippen molar-refractivity contribution >= 4 is 87.2 Å². The van der Waals surface area contributed by atoms with Gasteiger partial charge in [0.15, 0.2) is 0 Å². The summed E-state index contributed by atoms with van der Waals surface area (Å²) in [5.41, 5.74) is 0. The molecule has 0 spiro atoms. The predicted molar refractivity (Wildman–Crippen MR) is 28.8 cm³/mol. The van der Waals surface area contributed by atoms with Crippen LogP contribution in [0.25, 0.3) is 0 Å². The third-order valence-electron chi connectivity index (χ3n) is 0. The van der Waals surface area contributed by atoms with E-state index < -0.39 is 0 Å². The molecule has 0 aromatic rings. The Hall–Kier alpha value is 21.8. The minimum absolute atomic E-state index is 0. The van der Waals surface area contributed by atoms with E-state index >= 15 is 0 Å². The van der Waals surface area contributed by atoms with Gasteiger partial charge in [-0.1, -0.05) is 0 Å². The van der Waals surface area contributed by atoms with Crippen molar-refractivity contribution in [2.45, 2.75) is 0 Å². The Labute approximate surface area is 643 Å². The Bertz CT molecular complexity index is 86.4. The molecule has 20 heavy (non-hydrogen) atoms. The van der Waals surface area contributed by atoms with Gasteiger partial charge in [0.2, 0.25) is 0 Å². The van der Waals surface area contributed by atoms with Crippen molar-refractivity contribution in [2.24, 2.45) is 0 Å². The second kappa shape index (κ2) is 136. The fourth-order valence-electron chi connectivity index (χ4n) is 0. The smallest absolute Gasteiger partial charge is 0 e. The van der Waals surface area contributed by atoms with Gasteiger partial charge >= 0.3 is 620 Å². The largest absolute Gasteiger partial charge is 3.00 e. The molecule has 0 amide bonds. The Balaban J connectivity index is 0. The summed E-state index contributed by atoms with van der Waals surface area (Å²) in [6.07, 6.45) is 0. The summed E-state index contributed by atoms with van der Waals surface area (Å²) in [7, 11) is 0. The maximum Gasteiger partial charge on any atom is 3.00 e. The molecule has 72 valence electrons. The third-order valence-corrected chi connectivity index (χ3v) is 0. The second-order valence-electron chi connectivity index (χ2n) is 0. The standard InChI is InChI=1S/B.Be.Dy.Er.Eu.Ga.Gd.Ho.In.La.Mg.Nd.Pm.Pr.Sc.Sm.Tb.Tm.Y.Yb/q;+2;8*+3;+2;+3;;7*+3. The predicted octanol–water partition coefficient (Wildman–Crippen LogP) is -1.91. The van der Waals surface area contributed by atoms with Crippen molar-refractivity contribution in [3.63, 3.8) is 0 Å². The van der Waals surface area contributed by atoms with E-state index in [1.54, 1.807) is 0 Å². The first-order chi connectivity index (χ1) is 0. The van der Waals surface area contributed by atoms with Crippen LogP contribution in [0.2, 0.25) is 0 Å². The van der Waals surface area contributed by atoms with Crippen LogP contribution in [0.3, 0.4) is 0 Å². The molecule has 0 N–H and O–H groups in total. The quantitative estimate of drug-likeness (QED) is 0.249. The van der Waals surface area contributed by atoms with E-state index in [2.05, 4.69) is 0 Å². The van der Waals surface area contributed by atoms with Crippen molar-refractivity contribution in [1.29, 1.82) is 0 Å². The molecule has 0 nitrogen and oxygen atoms in total. The SMILES string of the molecule is [B].[Be+2].[Dy+3].[Er+3].[Eu+3].[Ga+3].[Gd+3].[Ho+3].[In+3].[La+3].[Mg+2].[Nd+3].[Pm].[Pr+3].[Sc+3].[Sm+3].[Tb+3].[Tm+3].[Y+3].[Yb+3]. The molecule has 20 heteroatoms. The van der Waals surface area contributed by atoms with Crippen molar-refractivity contribution in [3.8, 4) is 0 Å². The van der Waals surface area contributed by atoms with Crippen molar-refractivity contribution in [2.75, 3.05) is 0 Å². The Morgan fingerprint density at radius 3 is 1.00 bits per heavy atom. The zero-order valence-corrected chi connectivity index (χ0v) is 53.3. The molecule has 0 unspecified atom stereocenters. The van der Waals surface area contributed by atoms with Crippen LogP contribution >= 0.6 is 0 Å². The minimum Gasteiger partial charge on any atom is 0 e. The molecule has 0 rings (SSSR count). The van der Waals surface area contributed by atoms with Crippen LogP contribution in [0.5, 0.6) is 0 Å². The zero-order valence-electron chi connectivity index (χ0n) is 9.33. The summed E-state index contributed by atoms with van der Waals surface area (Å²) in [5, 5.41) is 0. The Kier molecular flexibility index (Phi) is 996. The van der Waals surface area contributed by atoms with Crippen LogP contribution in [0, 0.1) is 523 Å². The molecule has 0 heterocycles. The van der Waals surface area contributed by atoms with Gasteiger partial charge in [-0.05, 0) is 0 Å². The van der Waals surface area contributed by atoms with Gasteiger partial charge < -0.3 is 0 Å². The van der Waals surface area contributed by atoms with Gasteiger partial charge in [-0.15, -0.1) is 0 Å². The van der Waals surface area contributed by atoms with E-state index in [4.69, 9.17) is 0 Å². The number of hydrogen-bond acceptors (Lipinski definition) is 0. The Morgan fingerprint density at radius 2 is 1.00 bits per heavy atom. The molecule has 0 fully saturated rings. The molecule has 0 aliphatic rings. The van der Waals surface area contributed by atoms with E-state index in [0.29, 0.717) is 0 Å². The van der Waals surface area contributed by atoms with Crippen molar-refractivity contribution < 1.29 is 582 Å². The van der Waals surface area contributed by atoms with Gasteiger partial charge in [-0.2, -0.15) is 0 Å². The van der Waals surface area contributed by atoms with Crippen LogP contribution < -0.4 is 0 Å². The summed E-state index contributed by atoms with van der Waals surface area (Å²) >= 11 is 0. The van der Waals surface area contributed by atoms with Gasteiger partial charge in [-0.25, -0.2) is 0 Å². The average Bonchev–Trinajstić information content (AvgIpc) is 0. The molecule has 0 aliphatic carbocycles. The third kappa shape index (κ3) is 126. The minimum atomic E-state index is 0. The maximum atomic E-state index is 0. The van der Waals surface area contributed by atoms with Gasteiger partial charge in [0.05, 0.1) is 0 Å². The molecular formula is BBeDyErEuGaGdHoInLaMgNdPmPrScSmTbTmYYb+52. The normalized spacial score (nSPS) is 0. The molecular weight excluding hydrogens is 2390 g/mol. The monoisotopic (exact) mass is 2390 g/mol. The molecule has 0 aromatic heterocycles. The van der Waals surface area contributed by atoms with Crippen LogP contribution in [0.4, 0.5) is 0 Å². The average molecular weight is 2390 g/mol. The van der Waals surface area contributed by atoms with Crippen LogP contribution in [-0.4, -0.2) is 87.2 Å². The summed E-state index contributed by atoms with van der Waals surface area (Å²) < 4.78 is 0. The molecule has 0 aromatic carbocycles. The fourth-order valence-corrected chi connectivity index (χ4v) is 0. The van der Waals surface area contributed by atoms with E-state index in [9.17, 15) is 0 Å². The summed E-state index contributed by atoms with van der Waals surface area (Å²) in [6.45, 7) is 0. The van der Waals surface area contributed by atoms with Gasteiger partial charge in [0.25, 0.3) is 0 Å². The van der Waals surface area contributed by atoms with Crippen LogP contribution in [0.15, 0.2) is 0 Å². The van der Waals surface area contributed by atoms with E-state index in [1.165, 1.54) is 0 Å².